The molecule has 1 aromatic heterocycles. The Hall–Kier alpha value is -3.06. The number of hydrogen-bond donors (Lipinski definition) is 2. The van der Waals surface area contributed by atoms with Crippen LogP contribution in [0.1, 0.15) is 30.4 Å². The Balaban J connectivity index is 1.86. The lowest BCUT2D eigenvalue weighted by molar-refractivity contribution is -0.114. The van der Waals surface area contributed by atoms with Crippen LogP contribution in [-0.4, -0.2) is 17.0 Å². The molecule has 0 spiro atoms. The van der Waals surface area contributed by atoms with Crippen molar-refractivity contribution in [3.63, 3.8) is 0 Å². The summed E-state index contributed by atoms with van der Waals surface area (Å²) in [6, 6.07) is 10.1. The van der Waals surface area contributed by atoms with E-state index in [0.29, 0.717) is 11.3 Å². The second-order valence-electron chi connectivity index (χ2n) is 6.72. The molecule has 1 aromatic carbocycles. The van der Waals surface area contributed by atoms with E-state index in [0.717, 1.165) is 5.56 Å². The third kappa shape index (κ3) is 4.43. The Morgan fingerprint density at radius 2 is 2.07 bits per heavy atom. The summed E-state index contributed by atoms with van der Waals surface area (Å²) in [5, 5.41) is 2.70. The number of hydrogen-bond acceptors (Lipinski definition) is 3. The standard InChI is InChI=1S/C21H21F2N3O2/c1-13(27)25-17-4-2-3-14(7-17)11-26-12-15(5-6-21(26)28)16-8-19(22)18(10-24)20(23)9-16/h2-8,12,16H,9-11,24H2,1H3,(H,25,27). The molecule has 5 nitrogen and oxygen atoms in total. The van der Waals surface area contributed by atoms with Gasteiger partial charge in [0.05, 0.1) is 6.54 Å². The molecule has 0 saturated carbocycles. The summed E-state index contributed by atoms with van der Waals surface area (Å²) in [6.07, 6.45) is 2.96. The molecule has 1 unspecified atom stereocenters. The van der Waals surface area contributed by atoms with Crippen LogP contribution in [0, 0.1) is 0 Å². The summed E-state index contributed by atoms with van der Waals surface area (Å²) in [5.41, 5.74) is 7.15. The van der Waals surface area contributed by atoms with Gasteiger partial charge in [-0.05, 0) is 29.3 Å². The number of carbonyl (C=O) groups is 1. The molecule has 3 rings (SSSR count). The minimum Gasteiger partial charge on any atom is -0.326 e. The summed E-state index contributed by atoms with van der Waals surface area (Å²) in [4.78, 5) is 23.5. The molecule has 0 bridgehead atoms. The first-order chi connectivity index (χ1) is 13.4. The van der Waals surface area contributed by atoms with Crippen LogP contribution in [0.3, 0.4) is 0 Å². The van der Waals surface area contributed by atoms with Crippen LogP contribution in [0.4, 0.5) is 14.5 Å². The second kappa shape index (κ2) is 8.31. The molecule has 1 heterocycles. The highest BCUT2D eigenvalue weighted by Crippen LogP contribution is 2.35. The summed E-state index contributed by atoms with van der Waals surface area (Å²) in [6.45, 7) is 1.50. The summed E-state index contributed by atoms with van der Waals surface area (Å²) in [7, 11) is 0. The van der Waals surface area contributed by atoms with Crippen LogP contribution >= 0.6 is 0 Å². The normalized spacial score (nSPS) is 16.7. The molecule has 2 aromatic rings. The molecule has 1 atom stereocenters. The Morgan fingerprint density at radius 3 is 2.75 bits per heavy atom. The lowest BCUT2D eigenvalue weighted by atomic mass is 9.89. The van der Waals surface area contributed by atoms with Gasteiger partial charge in [0.1, 0.15) is 11.7 Å². The van der Waals surface area contributed by atoms with Crippen LogP contribution in [0.5, 0.6) is 0 Å². The van der Waals surface area contributed by atoms with Gasteiger partial charge in [-0.15, -0.1) is 0 Å². The highest BCUT2D eigenvalue weighted by atomic mass is 19.1. The van der Waals surface area contributed by atoms with Gasteiger partial charge >= 0.3 is 0 Å². The van der Waals surface area contributed by atoms with Gasteiger partial charge in [0.25, 0.3) is 5.56 Å². The fraction of sp³-hybridized carbons (Fsp3) is 0.238. The number of pyridine rings is 1. The molecular weight excluding hydrogens is 364 g/mol. The Bertz CT molecular complexity index is 1020. The number of nitrogens with two attached hydrogens (primary N) is 1. The SMILES string of the molecule is CC(=O)Nc1cccc(Cn2cc(C3C=C(F)C(CN)=C(F)C3)ccc2=O)c1. The van der Waals surface area contributed by atoms with Gasteiger partial charge in [-0.25, -0.2) is 8.78 Å². The van der Waals surface area contributed by atoms with Crippen molar-refractivity contribution in [1.29, 1.82) is 0 Å². The predicted octanol–water partition coefficient (Wildman–Crippen LogP) is 3.38. The average Bonchev–Trinajstić information content (AvgIpc) is 2.63. The topological polar surface area (TPSA) is 77.1 Å². The molecule has 7 heteroatoms. The van der Waals surface area contributed by atoms with E-state index in [1.807, 2.05) is 6.07 Å². The zero-order valence-corrected chi connectivity index (χ0v) is 15.4. The van der Waals surface area contributed by atoms with E-state index in [4.69, 9.17) is 5.73 Å². The molecule has 0 aliphatic heterocycles. The Labute approximate surface area is 161 Å². The maximum absolute atomic E-state index is 14.1. The fourth-order valence-electron chi connectivity index (χ4n) is 3.24. The van der Waals surface area contributed by atoms with E-state index in [2.05, 4.69) is 5.32 Å². The van der Waals surface area contributed by atoms with E-state index in [-0.39, 0.29) is 36.5 Å². The van der Waals surface area contributed by atoms with Crippen LogP contribution in [0.15, 0.2) is 70.7 Å². The number of aromatic nitrogens is 1. The van der Waals surface area contributed by atoms with Crippen LogP contribution in [0.25, 0.3) is 0 Å². The van der Waals surface area contributed by atoms with Gasteiger partial charge in [0, 0.05) is 49.3 Å². The van der Waals surface area contributed by atoms with Crippen molar-refractivity contribution >= 4 is 11.6 Å². The van der Waals surface area contributed by atoms with Crippen LogP contribution in [-0.2, 0) is 11.3 Å². The van der Waals surface area contributed by atoms with E-state index < -0.39 is 17.6 Å². The van der Waals surface area contributed by atoms with Crippen molar-refractivity contribution in [2.75, 3.05) is 11.9 Å². The first-order valence-electron chi connectivity index (χ1n) is 8.89. The number of halogens is 2. The fourth-order valence-corrected chi connectivity index (χ4v) is 3.24. The third-order valence-electron chi connectivity index (χ3n) is 4.60. The number of nitrogens with one attached hydrogen (secondary N) is 1. The number of allylic oxidation sites excluding steroid dienone is 2. The largest absolute Gasteiger partial charge is 0.326 e. The lowest BCUT2D eigenvalue weighted by Crippen LogP contribution is -2.21. The first kappa shape index (κ1) is 19.7. The minimum absolute atomic E-state index is 0.0101. The van der Waals surface area contributed by atoms with Crippen LogP contribution < -0.4 is 16.6 Å². The monoisotopic (exact) mass is 385 g/mol. The van der Waals surface area contributed by atoms with Gasteiger partial charge in [-0.1, -0.05) is 18.2 Å². The Morgan fingerprint density at radius 1 is 1.29 bits per heavy atom. The van der Waals surface area contributed by atoms with Crippen LogP contribution in [0.2, 0.25) is 0 Å². The highest BCUT2D eigenvalue weighted by molar-refractivity contribution is 5.88. The molecule has 1 aliphatic rings. The number of carbonyl (C=O) groups excluding carboxylic acids is 1. The average molecular weight is 385 g/mol. The summed E-state index contributed by atoms with van der Waals surface area (Å²) >= 11 is 0. The van der Waals surface area contributed by atoms with Crippen molar-refractivity contribution in [3.05, 3.63) is 87.4 Å². The van der Waals surface area contributed by atoms with Gasteiger partial charge in [-0.2, -0.15) is 0 Å². The smallest absolute Gasteiger partial charge is 0.250 e. The molecule has 28 heavy (non-hydrogen) atoms. The number of rotatable bonds is 5. The Kier molecular flexibility index (Phi) is 5.84. The first-order valence-corrected chi connectivity index (χ1v) is 8.89. The van der Waals surface area contributed by atoms with Crippen molar-refractivity contribution < 1.29 is 13.6 Å². The second-order valence-corrected chi connectivity index (χ2v) is 6.72. The molecule has 1 amide bonds. The zero-order valence-electron chi connectivity index (χ0n) is 15.4. The minimum atomic E-state index is -0.656. The summed E-state index contributed by atoms with van der Waals surface area (Å²) in [5.74, 6) is -1.91. The highest BCUT2D eigenvalue weighted by Gasteiger charge is 2.23. The zero-order chi connectivity index (χ0) is 20.3. The number of nitrogens with zero attached hydrogens (tertiary/aromatic N) is 1. The van der Waals surface area contributed by atoms with Gasteiger partial charge in [0.15, 0.2) is 0 Å². The molecule has 146 valence electrons. The van der Waals surface area contributed by atoms with E-state index in [1.54, 1.807) is 30.5 Å². The molecular formula is C21H21F2N3O2. The van der Waals surface area contributed by atoms with Gasteiger partial charge in [-0.3, -0.25) is 9.59 Å². The maximum Gasteiger partial charge on any atom is 0.250 e. The van der Waals surface area contributed by atoms with Crippen molar-refractivity contribution in [3.8, 4) is 0 Å². The van der Waals surface area contributed by atoms with Crippen molar-refractivity contribution in [2.24, 2.45) is 5.73 Å². The van der Waals surface area contributed by atoms with E-state index >= 15 is 0 Å². The quantitative estimate of drug-likeness (QED) is 0.828. The van der Waals surface area contributed by atoms with Crippen molar-refractivity contribution in [1.82, 2.24) is 4.57 Å². The molecule has 1 aliphatic carbocycles. The predicted molar refractivity (Wildman–Crippen MR) is 104 cm³/mol. The lowest BCUT2D eigenvalue weighted by Gasteiger charge is -2.20. The van der Waals surface area contributed by atoms with Crippen molar-refractivity contribution in [2.45, 2.75) is 25.8 Å². The van der Waals surface area contributed by atoms with E-state index in [1.165, 1.54) is 23.6 Å². The number of benzene rings is 1. The van der Waals surface area contributed by atoms with Gasteiger partial charge in [0.2, 0.25) is 5.91 Å². The number of anilines is 1. The number of amides is 1. The molecule has 3 N–H and O–H groups in total. The summed E-state index contributed by atoms with van der Waals surface area (Å²) < 4.78 is 29.7. The van der Waals surface area contributed by atoms with Gasteiger partial charge < -0.3 is 15.6 Å². The van der Waals surface area contributed by atoms with E-state index in [9.17, 15) is 18.4 Å². The molecule has 0 radical (unpaired) electrons. The maximum atomic E-state index is 14.1. The molecule has 0 saturated heterocycles. The molecule has 0 fully saturated rings. The third-order valence-corrected chi connectivity index (χ3v) is 4.60.